The lowest BCUT2D eigenvalue weighted by Crippen LogP contribution is -2.09. The first kappa shape index (κ1) is 14.2. The van der Waals surface area contributed by atoms with Crippen LogP contribution < -0.4 is 0 Å². The van der Waals surface area contributed by atoms with E-state index in [1.165, 1.54) is 0 Å². The normalized spacial score (nSPS) is 12.0. The zero-order valence-electron chi connectivity index (χ0n) is 10.9. The molecule has 17 heavy (non-hydrogen) atoms. The van der Waals surface area contributed by atoms with E-state index in [0.717, 1.165) is 24.8 Å². The van der Waals surface area contributed by atoms with Crippen LogP contribution in [0.4, 0.5) is 0 Å². The maximum Gasteiger partial charge on any atom is 0.178 e. The van der Waals surface area contributed by atoms with Gasteiger partial charge in [-0.2, -0.15) is 0 Å². The summed E-state index contributed by atoms with van der Waals surface area (Å²) < 4.78 is 24.2. The molecule has 0 amide bonds. The number of rotatable bonds is 6. The van der Waals surface area contributed by atoms with Gasteiger partial charge >= 0.3 is 0 Å². The summed E-state index contributed by atoms with van der Waals surface area (Å²) in [7, 11) is -3.10. The summed E-state index contributed by atoms with van der Waals surface area (Å²) in [6.07, 6.45) is 2.70. The molecule has 0 radical (unpaired) electrons. The van der Waals surface area contributed by atoms with E-state index in [0.29, 0.717) is 10.8 Å². The number of hydrogen-bond donors (Lipinski definition) is 0. The molecule has 0 aliphatic rings. The van der Waals surface area contributed by atoms with Gasteiger partial charge in [-0.05, 0) is 36.5 Å². The van der Waals surface area contributed by atoms with Crippen molar-refractivity contribution in [1.29, 1.82) is 0 Å². The van der Waals surface area contributed by atoms with Crippen molar-refractivity contribution in [3.05, 3.63) is 29.8 Å². The van der Waals surface area contributed by atoms with E-state index < -0.39 is 9.84 Å². The largest absolute Gasteiger partial charge is 0.224 e. The Labute approximate surface area is 105 Å². The van der Waals surface area contributed by atoms with Crippen LogP contribution in [0.15, 0.2) is 29.2 Å². The summed E-state index contributed by atoms with van der Waals surface area (Å²) >= 11 is 0. The lowest BCUT2D eigenvalue weighted by molar-refractivity contribution is 0.573. The van der Waals surface area contributed by atoms with Gasteiger partial charge in [0.15, 0.2) is 9.84 Å². The number of benzene rings is 1. The Morgan fingerprint density at radius 3 is 2.53 bits per heavy atom. The van der Waals surface area contributed by atoms with Crippen LogP contribution in [0.2, 0.25) is 0 Å². The van der Waals surface area contributed by atoms with Crippen molar-refractivity contribution in [2.45, 2.75) is 44.9 Å². The van der Waals surface area contributed by atoms with Gasteiger partial charge in [-0.1, -0.05) is 39.3 Å². The summed E-state index contributed by atoms with van der Waals surface area (Å²) in [5, 5.41) is 0. The molecule has 0 aliphatic heterocycles. The molecule has 0 spiro atoms. The smallest absolute Gasteiger partial charge is 0.178 e. The maximum atomic E-state index is 12.1. The Hall–Kier alpha value is -0.830. The summed E-state index contributed by atoms with van der Waals surface area (Å²) in [5.74, 6) is 0.670. The Morgan fingerprint density at radius 1 is 1.24 bits per heavy atom. The van der Waals surface area contributed by atoms with Crippen LogP contribution >= 0.6 is 0 Å². The van der Waals surface area contributed by atoms with Gasteiger partial charge in [-0.25, -0.2) is 8.42 Å². The molecule has 0 unspecified atom stereocenters. The molecule has 0 heterocycles. The summed E-state index contributed by atoms with van der Waals surface area (Å²) in [6, 6.07) is 7.35. The molecule has 0 saturated heterocycles. The fourth-order valence-electron chi connectivity index (χ4n) is 1.69. The zero-order valence-corrected chi connectivity index (χ0v) is 11.8. The van der Waals surface area contributed by atoms with Gasteiger partial charge < -0.3 is 0 Å². The molecule has 1 aromatic carbocycles. The third-order valence-electron chi connectivity index (χ3n) is 2.76. The molecule has 0 aliphatic carbocycles. The van der Waals surface area contributed by atoms with Crippen molar-refractivity contribution in [2.75, 3.05) is 5.75 Å². The van der Waals surface area contributed by atoms with Crippen LogP contribution in [0.1, 0.15) is 39.2 Å². The van der Waals surface area contributed by atoms with E-state index in [1.54, 1.807) is 6.07 Å². The highest BCUT2D eigenvalue weighted by molar-refractivity contribution is 7.91. The first-order chi connectivity index (χ1) is 7.95. The summed E-state index contributed by atoms with van der Waals surface area (Å²) in [6.45, 7) is 6.19. The standard InChI is InChI=1S/C14H22O2S/c1-4-6-13-7-5-8-14(11-13)17(15,16)10-9-12(2)3/h5,7-8,11-12H,4,6,9-10H2,1-3H3. The van der Waals surface area contributed by atoms with E-state index in [9.17, 15) is 8.42 Å². The van der Waals surface area contributed by atoms with Crippen LogP contribution in [0.5, 0.6) is 0 Å². The van der Waals surface area contributed by atoms with E-state index in [4.69, 9.17) is 0 Å². The molecule has 0 fully saturated rings. The lowest BCUT2D eigenvalue weighted by atomic mass is 10.1. The molecular weight excluding hydrogens is 232 g/mol. The third kappa shape index (κ3) is 4.50. The molecule has 0 aromatic heterocycles. The first-order valence-corrected chi connectivity index (χ1v) is 7.92. The maximum absolute atomic E-state index is 12.1. The summed E-state index contributed by atoms with van der Waals surface area (Å²) in [5.41, 5.74) is 1.11. The predicted molar refractivity (Wildman–Crippen MR) is 71.9 cm³/mol. The topological polar surface area (TPSA) is 34.1 Å². The van der Waals surface area contributed by atoms with E-state index in [2.05, 4.69) is 6.92 Å². The van der Waals surface area contributed by atoms with Gasteiger partial charge in [0.25, 0.3) is 0 Å². The molecule has 96 valence electrons. The van der Waals surface area contributed by atoms with Crippen molar-refractivity contribution in [3.8, 4) is 0 Å². The van der Waals surface area contributed by atoms with Crippen LogP contribution in [-0.4, -0.2) is 14.2 Å². The molecule has 0 bridgehead atoms. The Bertz CT molecular complexity index is 447. The molecule has 1 rings (SSSR count). The van der Waals surface area contributed by atoms with E-state index in [-0.39, 0.29) is 5.75 Å². The highest BCUT2D eigenvalue weighted by Gasteiger charge is 2.15. The lowest BCUT2D eigenvalue weighted by Gasteiger charge is -2.08. The van der Waals surface area contributed by atoms with E-state index in [1.807, 2.05) is 32.0 Å². The Balaban J connectivity index is 2.87. The Morgan fingerprint density at radius 2 is 1.94 bits per heavy atom. The molecule has 3 heteroatoms. The third-order valence-corrected chi connectivity index (χ3v) is 4.51. The van der Waals surface area contributed by atoms with Crippen LogP contribution in [-0.2, 0) is 16.3 Å². The van der Waals surface area contributed by atoms with Crippen LogP contribution in [0, 0.1) is 5.92 Å². The van der Waals surface area contributed by atoms with Crippen molar-refractivity contribution in [2.24, 2.45) is 5.92 Å². The second-order valence-electron chi connectivity index (χ2n) is 4.90. The number of sulfone groups is 1. The average Bonchev–Trinajstić information content (AvgIpc) is 2.27. The van der Waals surface area contributed by atoms with Gasteiger partial charge in [-0.15, -0.1) is 0 Å². The first-order valence-electron chi connectivity index (χ1n) is 6.27. The van der Waals surface area contributed by atoms with Gasteiger partial charge in [0.2, 0.25) is 0 Å². The molecule has 1 aromatic rings. The molecule has 0 atom stereocenters. The monoisotopic (exact) mass is 254 g/mol. The summed E-state index contributed by atoms with van der Waals surface area (Å²) in [4.78, 5) is 0.476. The zero-order chi connectivity index (χ0) is 12.9. The van der Waals surface area contributed by atoms with Crippen molar-refractivity contribution in [3.63, 3.8) is 0 Å². The van der Waals surface area contributed by atoms with Crippen molar-refractivity contribution < 1.29 is 8.42 Å². The fourth-order valence-corrected chi connectivity index (χ4v) is 3.33. The Kier molecular flexibility index (Phi) is 5.19. The molecule has 2 nitrogen and oxygen atoms in total. The van der Waals surface area contributed by atoms with Gasteiger partial charge in [0.05, 0.1) is 10.6 Å². The fraction of sp³-hybridized carbons (Fsp3) is 0.571. The van der Waals surface area contributed by atoms with Gasteiger partial charge in [0.1, 0.15) is 0 Å². The van der Waals surface area contributed by atoms with Gasteiger partial charge in [-0.3, -0.25) is 0 Å². The minimum absolute atomic E-state index is 0.250. The second kappa shape index (κ2) is 6.20. The molecule has 0 N–H and O–H groups in total. The van der Waals surface area contributed by atoms with Gasteiger partial charge in [0, 0.05) is 0 Å². The molecule has 0 saturated carbocycles. The highest BCUT2D eigenvalue weighted by Crippen LogP contribution is 2.16. The predicted octanol–water partition coefficient (Wildman–Crippen LogP) is 3.46. The average molecular weight is 254 g/mol. The molecular formula is C14H22O2S. The minimum atomic E-state index is -3.10. The van der Waals surface area contributed by atoms with Crippen LogP contribution in [0.25, 0.3) is 0 Å². The van der Waals surface area contributed by atoms with Crippen molar-refractivity contribution >= 4 is 9.84 Å². The quantitative estimate of drug-likeness (QED) is 0.779. The minimum Gasteiger partial charge on any atom is -0.224 e. The second-order valence-corrected chi connectivity index (χ2v) is 7.01. The number of hydrogen-bond acceptors (Lipinski definition) is 2. The van der Waals surface area contributed by atoms with Crippen LogP contribution in [0.3, 0.4) is 0 Å². The SMILES string of the molecule is CCCc1cccc(S(=O)(=O)CCC(C)C)c1. The van der Waals surface area contributed by atoms with E-state index >= 15 is 0 Å². The number of aryl methyl sites for hydroxylation is 1. The highest BCUT2D eigenvalue weighted by atomic mass is 32.2. The van der Waals surface area contributed by atoms with Crippen molar-refractivity contribution in [1.82, 2.24) is 0 Å².